The number of hydrogen-bond acceptors (Lipinski definition) is 27. The SMILES string of the molecule is CC1(OC(=O)c2ccc(OC(=O)COc3ccc(C4(c5ccccc5)OCC(CC(F)(F)S(=O)(=O)[O-])O4)cc3)c(I)c2)CCCCC1.O=C(COc1ccc(C2(c3ccccc3)OC3C4CC(CC(F)(F)S(=O)(=O)[O-])C(C4)C3O2)cc1)Oc1cccc(O)c1I.O=C(Oc1c(I)cc(CO)cc1I)C1CCC2(CC1)OCC(CC(F)(F)S(=O)(=O)[O-])O2.[CH3+].[CH3+].[CH3+]. The van der Waals surface area contributed by atoms with Gasteiger partial charge in [-0.3, -0.25) is 4.79 Å². The molecule has 7 aliphatic rings. The van der Waals surface area contributed by atoms with E-state index in [0.717, 1.165) is 32.1 Å². The van der Waals surface area contributed by atoms with Crippen LogP contribution >= 0.6 is 90.4 Å². The number of ether oxygens (including phenoxy) is 12. The van der Waals surface area contributed by atoms with Crippen molar-refractivity contribution in [3.8, 4) is 34.5 Å². The van der Waals surface area contributed by atoms with Crippen LogP contribution in [0.25, 0.3) is 0 Å². The van der Waals surface area contributed by atoms with Gasteiger partial charge in [-0.25, -0.2) is 39.6 Å². The molecular formula is C84H86F6I4O27S3. The second kappa shape index (κ2) is 41.0. The Morgan fingerprint density at radius 2 is 1.01 bits per heavy atom. The maximum atomic E-state index is 14.2. The van der Waals surface area contributed by atoms with Crippen molar-refractivity contribution < 1.29 is 151 Å². The summed E-state index contributed by atoms with van der Waals surface area (Å²) < 4.78 is 254. The topological polar surface area (TPSA) is 391 Å². The first-order chi connectivity index (χ1) is 56.9. The molecule has 14 rings (SSSR count). The van der Waals surface area contributed by atoms with Crippen molar-refractivity contribution in [3.05, 3.63) is 228 Å². The molecule has 2 N–H and O–H groups in total. The number of aromatic hydroxyl groups is 1. The van der Waals surface area contributed by atoms with Crippen LogP contribution in [0.3, 0.4) is 0 Å². The number of phenolic OH excluding ortho intramolecular Hbond substituents is 1. The molecule has 9 atom stereocenters. The summed E-state index contributed by atoms with van der Waals surface area (Å²) in [5, 5.41) is 5.73. The predicted octanol–water partition coefficient (Wildman–Crippen LogP) is 15.9. The van der Waals surface area contributed by atoms with E-state index in [4.69, 9.17) is 56.8 Å². The summed E-state index contributed by atoms with van der Waals surface area (Å²) in [5.74, 6) is -6.56. The van der Waals surface area contributed by atoms with Gasteiger partial charge in [0.05, 0.1) is 82.8 Å². The monoisotopic (exact) mass is 2240 g/mol. The zero-order valence-electron chi connectivity index (χ0n) is 66.7. The molecule has 7 fully saturated rings. The van der Waals surface area contributed by atoms with Crippen LogP contribution < -0.4 is 23.7 Å². The van der Waals surface area contributed by atoms with Gasteiger partial charge in [0.15, 0.2) is 55.1 Å². The number of hydrogen-bond donors (Lipinski definition) is 2. The number of esters is 4. The third-order valence-corrected chi connectivity index (χ3v) is 27.9. The van der Waals surface area contributed by atoms with Crippen LogP contribution in [0.5, 0.6) is 34.5 Å². The average Bonchev–Trinajstić information content (AvgIpc) is 1.55. The minimum atomic E-state index is -5.90. The third-order valence-electron chi connectivity index (χ3n) is 21.7. The van der Waals surface area contributed by atoms with Gasteiger partial charge in [-0.05, 0) is 263 Å². The van der Waals surface area contributed by atoms with Crippen LogP contribution in [0, 0.1) is 60.2 Å². The van der Waals surface area contributed by atoms with Gasteiger partial charge in [0, 0.05) is 63.8 Å². The Bertz CT molecular complexity index is 5250. The number of benzene rings is 7. The van der Waals surface area contributed by atoms with Crippen molar-refractivity contribution in [1.82, 2.24) is 0 Å². The Labute approximate surface area is 768 Å². The molecule has 2 bridgehead atoms. The second-order valence-corrected chi connectivity index (χ2v) is 39.2. The maximum Gasteiger partial charge on any atom is 0.349 e. The number of fused-ring (bicyclic) bond motifs is 5. The average molecular weight is 2250 g/mol. The van der Waals surface area contributed by atoms with Gasteiger partial charge in [-0.2, -0.15) is 26.3 Å². The molecule has 1 spiro atoms. The second-order valence-electron chi connectivity index (χ2n) is 30.1. The van der Waals surface area contributed by atoms with Gasteiger partial charge in [-0.1, -0.05) is 73.2 Å². The van der Waals surface area contributed by atoms with Crippen molar-refractivity contribution >= 4 is 145 Å². The van der Waals surface area contributed by atoms with Gasteiger partial charge in [-0.15, -0.1) is 0 Å². The molecule has 40 heteroatoms. The minimum Gasteiger partial charge on any atom is -0.743 e. The Kier molecular flexibility index (Phi) is 33.4. The van der Waals surface area contributed by atoms with E-state index in [1.807, 2.05) is 128 Å². The van der Waals surface area contributed by atoms with E-state index in [9.17, 15) is 94.6 Å². The van der Waals surface area contributed by atoms with Crippen molar-refractivity contribution in [2.24, 2.45) is 23.7 Å². The number of rotatable bonds is 26. The molecule has 672 valence electrons. The van der Waals surface area contributed by atoms with E-state index >= 15 is 0 Å². The maximum absolute atomic E-state index is 14.2. The number of aliphatic hydroxyl groups is 1. The molecule has 7 aromatic carbocycles. The molecule has 124 heavy (non-hydrogen) atoms. The molecule has 3 heterocycles. The number of carbonyl (C=O) groups excluding carboxylic acids is 4. The summed E-state index contributed by atoms with van der Waals surface area (Å²) in [7, 11) is -17.5. The zero-order valence-corrected chi connectivity index (χ0v) is 77.7. The summed E-state index contributed by atoms with van der Waals surface area (Å²) in [6.07, 6.45) is -0.434. The largest absolute Gasteiger partial charge is 0.743 e. The van der Waals surface area contributed by atoms with Crippen LogP contribution in [0.2, 0.25) is 0 Å². The Balaban J connectivity index is 0.000000212. The van der Waals surface area contributed by atoms with Gasteiger partial charge < -0.3 is 80.7 Å². The van der Waals surface area contributed by atoms with Crippen LogP contribution in [0.1, 0.15) is 135 Å². The first kappa shape index (κ1) is 101. The van der Waals surface area contributed by atoms with Crippen LogP contribution in [0.4, 0.5) is 26.3 Å². The summed E-state index contributed by atoms with van der Waals surface area (Å²) in [5.41, 5.74) is 2.70. The molecule has 0 aromatic heterocycles. The Hall–Kier alpha value is -6.62. The van der Waals surface area contributed by atoms with Crippen LogP contribution in [-0.4, -0.2) is 151 Å². The molecule has 4 aliphatic carbocycles. The fraction of sp³-hybridized carbons (Fsp3) is 0.417. The van der Waals surface area contributed by atoms with Gasteiger partial charge in [0.25, 0.3) is 0 Å². The number of halogens is 10. The lowest BCUT2D eigenvalue weighted by Gasteiger charge is -2.35. The first-order valence-corrected chi connectivity index (χ1v) is 46.3. The van der Waals surface area contributed by atoms with E-state index in [1.165, 1.54) is 24.3 Å². The number of aliphatic hydroxyl groups excluding tert-OH is 1. The number of carbonyl (C=O) groups is 4. The highest BCUT2D eigenvalue weighted by atomic mass is 127. The molecule has 0 radical (unpaired) electrons. The standard InChI is InChI=1S/C33H33F2IO10S.C30H27F2IO9S.C18H20F2I2O8S.3CH3/c1-31(16-6-3-7-17-31)46-30(38)22-10-15-28(27(36)18-22)44-29(37)21-42-25-13-11-24(12-14-25)33(23-8-4-2-5-9-23)43-20-26(45-33)19-32(34,35)47(39,40)41;31-29(32,43(36,37)38)15-18-13-17-14-22(18)28-27(17)41-30(42-28,19-5-2-1-3-6-19)20-9-11-21(12-10-20)39-16-25(35)40-24-8-4-7-23(34)26(24)33;19-18(20,31(25,26)27)7-12-9-28-17(30-12)3-1-11(2-4-17)16(24)29-15-13(21)5-10(8-23)6-14(15)22;;;/h2,4-5,8-15,18,26H,3,6-7,16-17,19-21H2,1H3,(H,39,40,41);1-12,17-18,22,27-28,34H,13-16H2,(H,36,37,38);5-6,11-12,23H,1-4,7-9H2,(H,25,26,27);3*1H3/q;;;3*+1/p-3. The molecule has 0 amide bonds. The summed E-state index contributed by atoms with van der Waals surface area (Å²) in [4.78, 5) is 50.3. The van der Waals surface area contributed by atoms with Gasteiger partial charge >= 0.3 is 39.6 Å². The summed E-state index contributed by atoms with van der Waals surface area (Å²) in [6.45, 7) is 0.330. The van der Waals surface area contributed by atoms with Crippen molar-refractivity contribution in [2.75, 3.05) is 26.4 Å². The molecule has 9 unspecified atom stereocenters. The smallest absolute Gasteiger partial charge is 0.349 e. The fourth-order valence-corrected chi connectivity index (χ4v) is 20.1. The van der Waals surface area contributed by atoms with Crippen LogP contribution in [-0.2, 0) is 96.1 Å². The normalized spacial score (nSPS) is 24.5. The minimum absolute atomic E-state index is 0. The lowest BCUT2D eigenvalue weighted by Crippen LogP contribution is -2.39. The highest BCUT2D eigenvalue weighted by Crippen LogP contribution is 2.61. The van der Waals surface area contributed by atoms with E-state index in [0.29, 0.717) is 84.8 Å². The van der Waals surface area contributed by atoms with Gasteiger partial charge in [0.2, 0.25) is 11.6 Å². The molecule has 7 aromatic rings. The van der Waals surface area contributed by atoms with E-state index in [1.54, 1.807) is 103 Å². The van der Waals surface area contributed by atoms with Crippen molar-refractivity contribution in [1.29, 1.82) is 0 Å². The zero-order chi connectivity index (χ0) is 87.5. The molecule has 27 nitrogen and oxygen atoms in total. The van der Waals surface area contributed by atoms with E-state index in [-0.39, 0.29) is 83.9 Å². The molecular weight excluding hydrogens is 2160 g/mol. The Morgan fingerprint density at radius 3 is 1.53 bits per heavy atom. The van der Waals surface area contributed by atoms with Gasteiger partial charge in [0.1, 0.15) is 34.3 Å². The quantitative estimate of drug-likeness (QED) is 0.0127. The van der Waals surface area contributed by atoms with E-state index in [2.05, 4.69) is 0 Å². The third kappa shape index (κ3) is 23.5. The number of phenols is 1. The van der Waals surface area contributed by atoms with E-state index < -0.39 is 168 Å². The predicted molar refractivity (Wildman–Crippen MR) is 463 cm³/mol. The highest BCUT2D eigenvalue weighted by Gasteiger charge is 2.65. The lowest BCUT2D eigenvalue weighted by molar-refractivity contribution is -0.197. The summed E-state index contributed by atoms with van der Waals surface area (Å²) in [6, 6.07) is 43.1. The lowest BCUT2D eigenvalue weighted by atomic mass is 9.83. The highest BCUT2D eigenvalue weighted by molar-refractivity contribution is 14.1. The molecule has 3 saturated heterocycles. The fourth-order valence-electron chi connectivity index (χ4n) is 15.7. The van der Waals surface area contributed by atoms with Crippen LogP contribution in [0.15, 0.2) is 158 Å². The summed E-state index contributed by atoms with van der Waals surface area (Å²) >= 11 is 7.89. The Morgan fingerprint density at radius 1 is 0.524 bits per heavy atom. The number of alkyl halides is 6. The molecule has 4 saturated carbocycles. The van der Waals surface area contributed by atoms with Crippen molar-refractivity contribution in [2.45, 2.75) is 167 Å². The van der Waals surface area contributed by atoms with Crippen molar-refractivity contribution in [3.63, 3.8) is 0 Å². The first-order valence-electron chi connectivity index (χ1n) is 37.7. The molecule has 3 aliphatic heterocycles.